The summed E-state index contributed by atoms with van der Waals surface area (Å²) in [6.45, 7) is 4.69. The molecule has 0 aliphatic carbocycles. The second kappa shape index (κ2) is 7.95. The van der Waals surface area contributed by atoms with Crippen LogP contribution in [-0.4, -0.2) is 33.3 Å². The van der Waals surface area contributed by atoms with Gasteiger partial charge in [0.1, 0.15) is 5.01 Å². The van der Waals surface area contributed by atoms with Crippen LogP contribution < -0.4 is 5.32 Å². The second-order valence-corrected chi connectivity index (χ2v) is 5.60. The number of nitrogens with zero attached hydrogens (tertiary/aromatic N) is 4. The van der Waals surface area contributed by atoms with Crippen molar-refractivity contribution >= 4 is 36.2 Å². The molecule has 1 N–H and O–H groups in total. The average Bonchev–Trinajstić information content (AvgIpc) is 2.96. The van der Waals surface area contributed by atoms with Crippen LogP contribution in [0.15, 0.2) is 17.6 Å². The van der Waals surface area contributed by atoms with Gasteiger partial charge < -0.3 is 5.32 Å². The number of thiazole rings is 1. The van der Waals surface area contributed by atoms with Crippen LogP contribution >= 0.6 is 36.2 Å². The monoisotopic (exact) mass is 335 g/mol. The molecule has 20 heavy (non-hydrogen) atoms. The van der Waals surface area contributed by atoms with Gasteiger partial charge >= 0.3 is 0 Å². The van der Waals surface area contributed by atoms with Gasteiger partial charge in [-0.3, -0.25) is 9.58 Å². The van der Waals surface area contributed by atoms with Crippen molar-refractivity contribution in [3.8, 4) is 0 Å². The molecule has 0 fully saturated rings. The lowest BCUT2D eigenvalue weighted by molar-refractivity contribution is 0.312. The van der Waals surface area contributed by atoms with E-state index in [-0.39, 0.29) is 24.8 Å². The molecule has 0 unspecified atom stereocenters. The fourth-order valence-corrected chi connectivity index (χ4v) is 2.92. The van der Waals surface area contributed by atoms with Crippen molar-refractivity contribution in [2.24, 2.45) is 0 Å². The zero-order chi connectivity index (χ0) is 12.4. The largest absolute Gasteiger partial charge is 0.309 e. The zero-order valence-corrected chi connectivity index (χ0v) is 13.7. The minimum absolute atomic E-state index is 0. The Labute approximate surface area is 135 Å². The highest BCUT2D eigenvalue weighted by Gasteiger charge is 2.13. The van der Waals surface area contributed by atoms with Gasteiger partial charge in [-0.25, -0.2) is 4.98 Å². The number of rotatable bonds is 4. The Morgan fingerprint density at radius 3 is 2.95 bits per heavy atom. The van der Waals surface area contributed by atoms with Gasteiger partial charge in [-0.15, -0.1) is 36.2 Å². The number of aromatic nitrogens is 3. The summed E-state index contributed by atoms with van der Waals surface area (Å²) >= 11 is 1.70. The third kappa shape index (κ3) is 4.17. The van der Waals surface area contributed by atoms with Crippen molar-refractivity contribution in [2.75, 3.05) is 13.6 Å². The summed E-state index contributed by atoms with van der Waals surface area (Å²) in [4.78, 5) is 6.55. The lowest BCUT2D eigenvalue weighted by Gasteiger charge is -2.14. The van der Waals surface area contributed by atoms with Crippen LogP contribution in [0.2, 0.25) is 0 Å². The molecule has 8 heteroatoms. The van der Waals surface area contributed by atoms with Crippen LogP contribution in [0.4, 0.5) is 0 Å². The fraction of sp³-hybridized carbons (Fsp3) is 0.500. The second-order valence-electron chi connectivity index (χ2n) is 4.63. The molecule has 2 aromatic heterocycles. The first kappa shape index (κ1) is 17.4. The first-order chi connectivity index (χ1) is 8.81. The van der Waals surface area contributed by atoms with E-state index in [0.717, 1.165) is 43.4 Å². The van der Waals surface area contributed by atoms with Gasteiger partial charge in [-0.1, -0.05) is 0 Å². The molecule has 3 heterocycles. The minimum atomic E-state index is 0. The van der Waals surface area contributed by atoms with E-state index < -0.39 is 0 Å². The van der Waals surface area contributed by atoms with Crippen molar-refractivity contribution in [1.29, 1.82) is 0 Å². The van der Waals surface area contributed by atoms with Crippen molar-refractivity contribution in [2.45, 2.75) is 26.2 Å². The van der Waals surface area contributed by atoms with Crippen molar-refractivity contribution < 1.29 is 0 Å². The maximum atomic E-state index is 4.64. The molecule has 0 spiro atoms. The molecule has 0 saturated heterocycles. The number of hydrogen-bond acceptors (Lipinski definition) is 5. The summed E-state index contributed by atoms with van der Waals surface area (Å²) in [5, 5.41) is 11.2. The molecule has 0 bridgehead atoms. The van der Waals surface area contributed by atoms with E-state index in [0.29, 0.717) is 0 Å². The minimum Gasteiger partial charge on any atom is -0.309 e. The van der Waals surface area contributed by atoms with Gasteiger partial charge in [-0.2, -0.15) is 5.10 Å². The van der Waals surface area contributed by atoms with Gasteiger partial charge in [0.15, 0.2) is 0 Å². The molecule has 1 aliphatic rings. The highest BCUT2D eigenvalue weighted by Crippen LogP contribution is 2.12. The van der Waals surface area contributed by atoms with E-state index in [2.05, 4.69) is 38.1 Å². The predicted molar refractivity (Wildman–Crippen MR) is 85.7 cm³/mol. The van der Waals surface area contributed by atoms with Crippen LogP contribution in [0.25, 0.3) is 0 Å². The molecule has 5 nitrogen and oxygen atoms in total. The molecular weight excluding hydrogens is 317 g/mol. The van der Waals surface area contributed by atoms with E-state index in [1.165, 1.54) is 5.69 Å². The van der Waals surface area contributed by atoms with Crippen LogP contribution in [-0.2, 0) is 26.2 Å². The summed E-state index contributed by atoms with van der Waals surface area (Å²) < 4.78 is 2.11. The van der Waals surface area contributed by atoms with Crippen LogP contribution in [0.1, 0.15) is 16.4 Å². The van der Waals surface area contributed by atoms with E-state index in [1.807, 2.05) is 11.6 Å². The van der Waals surface area contributed by atoms with Gasteiger partial charge in [-0.05, 0) is 13.1 Å². The van der Waals surface area contributed by atoms with Gasteiger partial charge in [0.2, 0.25) is 0 Å². The lowest BCUT2D eigenvalue weighted by atomic mass is 10.3. The fourth-order valence-electron chi connectivity index (χ4n) is 2.22. The SMILES string of the molecule is CN(Cc1cc2n(n1)CCNC2)Cc1nccs1.Cl.Cl. The number of nitrogens with one attached hydrogen (secondary N) is 1. The number of halogens is 2. The molecule has 2 aromatic rings. The Balaban J connectivity index is 0.000001000. The summed E-state index contributed by atoms with van der Waals surface area (Å²) in [5.41, 5.74) is 2.44. The van der Waals surface area contributed by atoms with Gasteiger partial charge in [0.25, 0.3) is 0 Å². The Kier molecular flexibility index (Phi) is 6.91. The highest BCUT2D eigenvalue weighted by molar-refractivity contribution is 7.09. The molecule has 3 rings (SSSR count). The van der Waals surface area contributed by atoms with Crippen LogP contribution in [0.3, 0.4) is 0 Å². The molecule has 0 radical (unpaired) electrons. The van der Waals surface area contributed by atoms with Crippen molar-refractivity contribution in [3.05, 3.63) is 34.0 Å². The molecular formula is C12H19Cl2N5S. The van der Waals surface area contributed by atoms with Crippen molar-refractivity contribution in [3.63, 3.8) is 0 Å². The standard InChI is InChI=1S/C12H17N5S.2ClH/c1-16(9-12-14-3-5-18-12)8-10-6-11-7-13-2-4-17(11)15-10;;/h3,5-6,13H,2,4,7-9H2,1H3;2*1H. The topological polar surface area (TPSA) is 46.0 Å². The maximum absolute atomic E-state index is 4.64. The lowest BCUT2D eigenvalue weighted by Crippen LogP contribution is -2.28. The van der Waals surface area contributed by atoms with E-state index >= 15 is 0 Å². The van der Waals surface area contributed by atoms with Crippen LogP contribution in [0.5, 0.6) is 0 Å². The van der Waals surface area contributed by atoms with Crippen molar-refractivity contribution in [1.82, 2.24) is 25.0 Å². The molecule has 0 atom stereocenters. The molecule has 0 amide bonds. The summed E-state index contributed by atoms with van der Waals surface area (Å²) in [7, 11) is 2.11. The number of hydrogen-bond donors (Lipinski definition) is 1. The molecule has 112 valence electrons. The van der Waals surface area contributed by atoms with Gasteiger partial charge in [0.05, 0.1) is 24.5 Å². The predicted octanol–water partition coefficient (Wildman–Crippen LogP) is 1.92. The summed E-state index contributed by atoms with van der Waals surface area (Å²) in [6.07, 6.45) is 1.86. The third-order valence-corrected chi connectivity index (χ3v) is 3.81. The van der Waals surface area contributed by atoms with E-state index in [4.69, 9.17) is 0 Å². The maximum Gasteiger partial charge on any atom is 0.107 e. The molecule has 0 saturated carbocycles. The first-order valence-electron chi connectivity index (χ1n) is 6.14. The first-order valence-corrected chi connectivity index (χ1v) is 7.02. The Hall–Kier alpha value is -0.660. The molecule has 1 aliphatic heterocycles. The number of fused-ring (bicyclic) bond motifs is 1. The molecule has 0 aromatic carbocycles. The quantitative estimate of drug-likeness (QED) is 0.927. The highest BCUT2D eigenvalue weighted by atomic mass is 35.5. The summed E-state index contributed by atoms with van der Waals surface area (Å²) in [5.74, 6) is 0. The average molecular weight is 336 g/mol. The zero-order valence-electron chi connectivity index (χ0n) is 11.3. The van der Waals surface area contributed by atoms with Crippen LogP contribution in [0, 0.1) is 0 Å². The Morgan fingerprint density at radius 1 is 1.40 bits per heavy atom. The smallest absolute Gasteiger partial charge is 0.107 e. The Bertz CT molecular complexity index is 490. The van der Waals surface area contributed by atoms with E-state index in [9.17, 15) is 0 Å². The summed E-state index contributed by atoms with van der Waals surface area (Å²) in [6, 6.07) is 2.20. The third-order valence-electron chi connectivity index (χ3n) is 3.04. The normalized spacial score (nSPS) is 13.5. The Morgan fingerprint density at radius 2 is 2.25 bits per heavy atom. The van der Waals surface area contributed by atoms with Gasteiger partial charge in [0, 0.05) is 31.2 Å². The van der Waals surface area contributed by atoms with E-state index in [1.54, 1.807) is 11.3 Å².